The summed E-state index contributed by atoms with van der Waals surface area (Å²) in [7, 11) is 0. The fourth-order valence-electron chi connectivity index (χ4n) is 2.78. The largest absolute Gasteiger partial charge is 0.490 e. The maximum Gasteiger partial charge on any atom is 0.213 e. The molecule has 1 heterocycles. The molecule has 0 spiro atoms. The van der Waals surface area contributed by atoms with Gasteiger partial charge in [0, 0.05) is 35.9 Å². The smallest absolute Gasteiger partial charge is 0.213 e. The number of rotatable bonds is 11. The zero-order valence-corrected chi connectivity index (χ0v) is 18.2. The third kappa shape index (κ3) is 6.52. The van der Waals surface area contributed by atoms with E-state index >= 15 is 0 Å². The lowest BCUT2D eigenvalue weighted by Gasteiger charge is -2.16. The Morgan fingerprint density at radius 1 is 0.933 bits per heavy atom. The lowest BCUT2D eigenvalue weighted by Crippen LogP contribution is -2.20. The average Bonchev–Trinajstić information content (AvgIpc) is 2.75. The van der Waals surface area contributed by atoms with Crippen molar-refractivity contribution in [1.29, 1.82) is 0 Å². The van der Waals surface area contributed by atoms with Crippen molar-refractivity contribution >= 4 is 23.2 Å². The minimum atomic E-state index is 0.307. The Hall–Kier alpha value is -2.47. The molecule has 7 heteroatoms. The molecule has 0 aliphatic heterocycles. The topological polar surface area (TPSA) is 52.6 Å². The third-order valence-corrected chi connectivity index (χ3v) is 4.84. The van der Waals surface area contributed by atoms with Crippen LogP contribution < -0.4 is 19.5 Å². The van der Waals surface area contributed by atoms with Crippen LogP contribution >= 0.6 is 23.2 Å². The van der Waals surface area contributed by atoms with E-state index in [2.05, 4.69) is 10.3 Å². The normalized spacial score (nSPS) is 10.6. The first-order chi connectivity index (χ1) is 14.7. The Balaban J connectivity index is 1.57. The Kier molecular flexibility index (Phi) is 8.63. The van der Waals surface area contributed by atoms with E-state index < -0.39 is 0 Å². The second-order valence-corrected chi connectivity index (χ2v) is 7.23. The molecular weight excluding hydrogens is 423 g/mol. The molecule has 158 valence electrons. The van der Waals surface area contributed by atoms with Crippen molar-refractivity contribution in [2.45, 2.75) is 20.1 Å². The zero-order valence-electron chi connectivity index (χ0n) is 16.7. The van der Waals surface area contributed by atoms with E-state index in [1.807, 2.05) is 61.5 Å². The van der Waals surface area contributed by atoms with E-state index in [4.69, 9.17) is 37.4 Å². The molecule has 0 amide bonds. The second-order valence-electron chi connectivity index (χ2n) is 6.41. The lowest BCUT2D eigenvalue weighted by atomic mass is 10.2. The quantitative estimate of drug-likeness (QED) is 0.392. The van der Waals surface area contributed by atoms with Gasteiger partial charge in [-0.25, -0.2) is 4.98 Å². The van der Waals surface area contributed by atoms with Crippen LogP contribution in [-0.4, -0.2) is 24.7 Å². The lowest BCUT2D eigenvalue weighted by molar-refractivity contribution is 0.269. The first-order valence-corrected chi connectivity index (χ1v) is 10.5. The minimum absolute atomic E-state index is 0.307. The van der Waals surface area contributed by atoms with Gasteiger partial charge < -0.3 is 19.5 Å². The Bertz CT molecular complexity index is 939. The van der Waals surface area contributed by atoms with Gasteiger partial charge in [0.15, 0.2) is 11.5 Å². The zero-order chi connectivity index (χ0) is 21.2. The number of nitrogens with zero attached hydrogens (tertiary/aromatic N) is 1. The molecule has 0 saturated heterocycles. The number of aromatic nitrogens is 1. The maximum atomic E-state index is 6.50. The highest BCUT2D eigenvalue weighted by Gasteiger charge is 2.13. The van der Waals surface area contributed by atoms with Crippen LogP contribution in [0.25, 0.3) is 0 Å². The highest BCUT2D eigenvalue weighted by Crippen LogP contribution is 2.37. The number of nitrogens with one attached hydrogen (secondary N) is 1. The molecular formula is C23H24Cl2N2O3. The highest BCUT2D eigenvalue weighted by molar-refractivity contribution is 6.32. The van der Waals surface area contributed by atoms with Crippen molar-refractivity contribution in [2.75, 3.05) is 19.8 Å². The summed E-state index contributed by atoms with van der Waals surface area (Å²) < 4.78 is 17.3. The first kappa shape index (κ1) is 22.2. The van der Waals surface area contributed by atoms with Gasteiger partial charge in [0.25, 0.3) is 0 Å². The summed E-state index contributed by atoms with van der Waals surface area (Å²) in [4.78, 5) is 4.13. The van der Waals surface area contributed by atoms with Gasteiger partial charge in [0.05, 0.1) is 11.6 Å². The number of benzene rings is 2. The van der Waals surface area contributed by atoms with Gasteiger partial charge in [-0.15, -0.1) is 0 Å². The monoisotopic (exact) mass is 446 g/mol. The van der Waals surface area contributed by atoms with E-state index in [9.17, 15) is 0 Å². The Morgan fingerprint density at radius 2 is 1.77 bits per heavy atom. The minimum Gasteiger partial charge on any atom is -0.490 e. The molecule has 0 saturated carbocycles. The predicted octanol–water partition coefficient (Wildman–Crippen LogP) is 5.53. The van der Waals surface area contributed by atoms with E-state index in [1.54, 1.807) is 6.20 Å². The van der Waals surface area contributed by atoms with Gasteiger partial charge >= 0.3 is 0 Å². The van der Waals surface area contributed by atoms with Gasteiger partial charge in [-0.1, -0.05) is 47.5 Å². The molecule has 0 aliphatic rings. The van der Waals surface area contributed by atoms with Gasteiger partial charge in [0.2, 0.25) is 5.88 Å². The molecule has 3 aromatic rings. The maximum absolute atomic E-state index is 6.50. The molecule has 0 atom stereocenters. The third-order valence-electron chi connectivity index (χ3n) is 4.19. The average molecular weight is 447 g/mol. The molecule has 0 bridgehead atoms. The fraction of sp³-hybridized carbons (Fsp3) is 0.261. The molecule has 5 nitrogen and oxygen atoms in total. The summed E-state index contributed by atoms with van der Waals surface area (Å²) in [6.07, 6.45) is 1.70. The van der Waals surface area contributed by atoms with Gasteiger partial charge in [0.1, 0.15) is 13.2 Å². The number of halogens is 2. The standard InChI is InChI=1S/C23H24Cl2N2O3/c1-2-28-21-14-17(15-26-11-12-29-22-9-5-6-10-27-22)13-20(25)23(21)30-16-18-7-3-4-8-19(18)24/h3-10,13-14,26H,2,11-12,15-16H2,1H3. The summed E-state index contributed by atoms with van der Waals surface area (Å²) in [6.45, 7) is 4.54. The fourth-order valence-corrected chi connectivity index (χ4v) is 3.26. The van der Waals surface area contributed by atoms with E-state index in [1.165, 1.54) is 0 Å². The molecule has 0 aliphatic carbocycles. The van der Waals surface area contributed by atoms with Crippen molar-refractivity contribution in [2.24, 2.45) is 0 Å². The molecule has 30 heavy (non-hydrogen) atoms. The van der Waals surface area contributed by atoms with Gasteiger partial charge in [-0.3, -0.25) is 0 Å². The SMILES string of the molecule is CCOc1cc(CNCCOc2ccccn2)cc(Cl)c1OCc1ccccc1Cl. The van der Waals surface area contributed by atoms with Crippen molar-refractivity contribution in [3.05, 3.63) is 82.0 Å². The molecule has 1 N–H and O–H groups in total. The van der Waals surface area contributed by atoms with E-state index in [0.29, 0.717) is 60.3 Å². The first-order valence-electron chi connectivity index (χ1n) is 9.73. The Morgan fingerprint density at radius 3 is 2.53 bits per heavy atom. The van der Waals surface area contributed by atoms with E-state index in [-0.39, 0.29) is 0 Å². The predicted molar refractivity (Wildman–Crippen MR) is 120 cm³/mol. The molecule has 3 rings (SSSR count). The van der Waals surface area contributed by atoms with Crippen molar-refractivity contribution in [1.82, 2.24) is 10.3 Å². The number of hydrogen-bond donors (Lipinski definition) is 1. The van der Waals surface area contributed by atoms with Crippen LogP contribution in [-0.2, 0) is 13.2 Å². The van der Waals surface area contributed by atoms with Crippen LogP contribution in [0.4, 0.5) is 0 Å². The number of pyridine rings is 1. The second kappa shape index (κ2) is 11.6. The summed E-state index contributed by atoms with van der Waals surface area (Å²) in [6, 6.07) is 16.9. The van der Waals surface area contributed by atoms with Crippen molar-refractivity contribution in [3.63, 3.8) is 0 Å². The van der Waals surface area contributed by atoms with Crippen LogP contribution in [0.1, 0.15) is 18.1 Å². The summed E-state index contributed by atoms with van der Waals surface area (Å²) in [5.41, 5.74) is 1.88. The van der Waals surface area contributed by atoms with Crippen LogP contribution in [0.5, 0.6) is 17.4 Å². The Labute approximate surface area is 186 Å². The molecule has 0 unspecified atom stereocenters. The summed E-state index contributed by atoms with van der Waals surface area (Å²) >= 11 is 12.7. The molecule has 0 fully saturated rings. The number of hydrogen-bond acceptors (Lipinski definition) is 5. The molecule has 2 aromatic carbocycles. The number of ether oxygens (including phenoxy) is 3. The molecule has 0 radical (unpaired) electrons. The van der Waals surface area contributed by atoms with Crippen LogP contribution in [0, 0.1) is 0 Å². The van der Waals surface area contributed by atoms with Crippen molar-refractivity contribution < 1.29 is 14.2 Å². The highest BCUT2D eigenvalue weighted by atomic mass is 35.5. The van der Waals surface area contributed by atoms with Crippen molar-refractivity contribution in [3.8, 4) is 17.4 Å². The van der Waals surface area contributed by atoms with Crippen LogP contribution in [0.3, 0.4) is 0 Å². The molecule has 1 aromatic heterocycles. The van der Waals surface area contributed by atoms with E-state index in [0.717, 1.165) is 11.1 Å². The van der Waals surface area contributed by atoms with Gasteiger partial charge in [-0.05, 0) is 36.8 Å². The van der Waals surface area contributed by atoms with Gasteiger partial charge in [-0.2, -0.15) is 0 Å². The summed E-state index contributed by atoms with van der Waals surface area (Å²) in [5.74, 6) is 1.74. The summed E-state index contributed by atoms with van der Waals surface area (Å²) in [5, 5.41) is 4.48. The van der Waals surface area contributed by atoms with Crippen LogP contribution in [0.15, 0.2) is 60.8 Å². The van der Waals surface area contributed by atoms with Crippen LogP contribution in [0.2, 0.25) is 10.0 Å².